The summed E-state index contributed by atoms with van der Waals surface area (Å²) in [5.41, 5.74) is 6.47. The summed E-state index contributed by atoms with van der Waals surface area (Å²) in [6, 6.07) is 4.13. The lowest BCUT2D eigenvalue weighted by Gasteiger charge is -2.26. The highest BCUT2D eigenvalue weighted by atomic mass is 32.1. The van der Waals surface area contributed by atoms with Gasteiger partial charge in [0.1, 0.15) is 0 Å². The predicted octanol–water partition coefficient (Wildman–Crippen LogP) is 2.77. The molecule has 8 nitrogen and oxygen atoms in total. The highest BCUT2D eigenvalue weighted by Crippen LogP contribution is 2.43. The van der Waals surface area contributed by atoms with E-state index in [1.807, 2.05) is 19.2 Å². The maximum atomic E-state index is 11.5. The first-order valence-corrected chi connectivity index (χ1v) is 11.5. The number of aryl methyl sites for hydroxylation is 2. The average Bonchev–Trinajstić information content (AvgIpc) is 3.33. The molecule has 4 heterocycles. The van der Waals surface area contributed by atoms with Crippen LogP contribution in [-0.4, -0.2) is 63.4 Å². The zero-order chi connectivity index (χ0) is 21.4. The van der Waals surface area contributed by atoms with Crippen molar-refractivity contribution in [2.45, 2.75) is 33.2 Å². The summed E-state index contributed by atoms with van der Waals surface area (Å²) < 4.78 is 7.62. The first kappa shape index (κ1) is 20.3. The Hall–Kier alpha value is -2.62. The zero-order valence-electron chi connectivity index (χ0n) is 17.8. The third kappa shape index (κ3) is 4.13. The number of carbonyl (C=O) groups excluding carboxylic acids is 1. The maximum Gasteiger partial charge on any atom is 0.223 e. The molecule has 162 valence electrons. The van der Waals surface area contributed by atoms with Crippen molar-refractivity contribution >= 4 is 22.4 Å². The Morgan fingerprint density at radius 2 is 2.06 bits per heavy atom. The van der Waals surface area contributed by atoms with Gasteiger partial charge in [-0.3, -0.25) is 19.4 Å². The molecule has 1 fully saturated rings. The van der Waals surface area contributed by atoms with E-state index in [2.05, 4.69) is 30.9 Å². The molecule has 31 heavy (non-hydrogen) atoms. The Balaban J connectivity index is 1.54. The van der Waals surface area contributed by atoms with Crippen LogP contribution >= 0.6 is 11.3 Å². The van der Waals surface area contributed by atoms with Gasteiger partial charge < -0.3 is 10.1 Å². The molecule has 0 aromatic carbocycles. The molecule has 1 amide bonds. The van der Waals surface area contributed by atoms with E-state index in [1.54, 1.807) is 0 Å². The number of carbonyl (C=O) groups is 1. The largest absolute Gasteiger partial charge is 0.379 e. The fourth-order valence-corrected chi connectivity index (χ4v) is 5.34. The van der Waals surface area contributed by atoms with Gasteiger partial charge in [0.25, 0.3) is 0 Å². The monoisotopic (exact) mass is 438 g/mol. The van der Waals surface area contributed by atoms with Crippen molar-refractivity contribution in [2.75, 3.05) is 38.2 Å². The highest BCUT2D eigenvalue weighted by molar-refractivity contribution is 7.19. The van der Waals surface area contributed by atoms with Crippen LogP contribution in [0.3, 0.4) is 0 Å². The minimum Gasteiger partial charge on any atom is -0.379 e. The molecule has 3 aromatic heterocycles. The molecule has 0 unspecified atom stereocenters. The summed E-state index contributed by atoms with van der Waals surface area (Å²) in [6.45, 7) is 8.72. The molecule has 1 aliphatic heterocycles. The maximum absolute atomic E-state index is 11.5. The number of hydrogen-bond donors (Lipinski definition) is 1. The lowest BCUT2D eigenvalue weighted by molar-refractivity contribution is -0.114. The van der Waals surface area contributed by atoms with E-state index in [9.17, 15) is 4.79 Å². The minimum atomic E-state index is -0.0986. The molecule has 5 rings (SSSR count). The minimum absolute atomic E-state index is 0.0986. The third-order valence-corrected chi connectivity index (χ3v) is 6.79. The second-order valence-electron chi connectivity index (χ2n) is 8.02. The van der Waals surface area contributed by atoms with E-state index in [-0.39, 0.29) is 5.91 Å². The number of rotatable bonds is 5. The number of anilines is 1. The number of morpholine rings is 1. The fraction of sp³-hybridized carbons (Fsp3) is 0.455. The van der Waals surface area contributed by atoms with Crippen molar-refractivity contribution < 1.29 is 9.53 Å². The number of aromatic nitrogens is 4. The number of fused-ring (bicyclic) bond motifs is 3. The molecule has 3 aromatic rings. The molecular formula is C22H26N6O2S. The quantitative estimate of drug-likeness (QED) is 0.659. The van der Waals surface area contributed by atoms with E-state index in [0.29, 0.717) is 5.13 Å². The van der Waals surface area contributed by atoms with Gasteiger partial charge in [0, 0.05) is 49.6 Å². The van der Waals surface area contributed by atoms with Gasteiger partial charge in [-0.1, -0.05) is 11.3 Å². The summed E-state index contributed by atoms with van der Waals surface area (Å²) in [4.78, 5) is 24.3. The smallest absolute Gasteiger partial charge is 0.223 e. The fourth-order valence-electron chi connectivity index (χ4n) is 4.21. The van der Waals surface area contributed by atoms with Crippen LogP contribution in [0.25, 0.3) is 21.8 Å². The summed E-state index contributed by atoms with van der Waals surface area (Å²) in [7, 11) is 0. The normalized spacial score (nSPS) is 16.1. The van der Waals surface area contributed by atoms with E-state index >= 15 is 0 Å². The van der Waals surface area contributed by atoms with Crippen LogP contribution in [0.15, 0.2) is 18.3 Å². The standard InChI is InChI=1S/C22H26N6O2S/c1-14-3-4-16(13-23-14)19-17-5-6-18-21(31-22(25-18)24-15(2)29)20(17)28(26-19)8-7-27-9-11-30-12-10-27/h3-4,13H,5-12H2,1-2H3,(H,24,25,29). The van der Waals surface area contributed by atoms with Crippen molar-refractivity contribution in [1.29, 1.82) is 0 Å². The summed E-state index contributed by atoms with van der Waals surface area (Å²) in [5, 5.41) is 8.56. The first-order valence-electron chi connectivity index (χ1n) is 10.7. The van der Waals surface area contributed by atoms with Crippen molar-refractivity contribution in [3.63, 3.8) is 0 Å². The molecule has 1 saturated heterocycles. The topological polar surface area (TPSA) is 85.2 Å². The Bertz CT molecular complexity index is 1100. The van der Waals surface area contributed by atoms with E-state index < -0.39 is 0 Å². The zero-order valence-corrected chi connectivity index (χ0v) is 18.7. The van der Waals surface area contributed by atoms with Gasteiger partial charge in [0.05, 0.1) is 41.7 Å². The van der Waals surface area contributed by atoms with Gasteiger partial charge in [0.15, 0.2) is 5.13 Å². The van der Waals surface area contributed by atoms with E-state index in [4.69, 9.17) is 9.84 Å². The molecule has 0 radical (unpaired) electrons. The molecule has 0 spiro atoms. The lowest BCUT2D eigenvalue weighted by Crippen LogP contribution is -2.38. The third-order valence-electron chi connectivity index (χ3n) is 5.77. The van der Waals surface area contributed by atoms with Crippen molar-refractivity contribution in [1.82, 2.24) is 24.6 Å². The van der Waals surface area contributed by atoms with Gasteiger partial charge in [0.2, 0.25) is 5.91 Å². The summed E-state index contributed by atoms with van der Waals surface area (Å²) >= 11 is 1.54. The Kier molecular flexibility index (Phi) is 5.56. The summed E-state index contributed by atoms with van der Waals surface area (Å²) in [6.07, 6.45) is 3.64. The van der Waals surface area contributed by atoms with Gasteiger partial charge in [-0.25, -0.2) is 4.98 Å². The van der Waals surface area contributed by atoms with Crippen LogP contribution in [0.1, 0.15) is 23.9 Å². The Labute approximate surface area is 185 Å². The van der Waals surface area contributed by atoms with Crippen molar-refractivity contribution in [3.8, 4) is 21.8 Å². The number of nitrogens with zero attached hydrogens (tertiary/aromatic N) is 5. The molecule has 1 N–H and O–H groups in total. The van der Waals surface area contributed by atoms with Crippen LogP contribution in [0, 0.1) is 6.92 Å². The van der Waals surface area contributed by atoms with Gasteiger partial charge in [-0.2, -0.15) is 5.10 Å². The van der Waals surface area contributed by atoms with Crippen LogP contribution in [0.4, 0.5) is 5.13 Å². The van der Waals surface area contributed by atoms with Gasteiger partial charge >= 0.3 is 0 Å². The van der Waals surface area contributed by atoms with E-state index in [1.165, 1.54) is 23.8 Å². The van der Waals surface area contributed by atoms with Crippen LogP contribution in [0.2, 0.25) is 0 Å². The number of nitrogens with one attached hydrogen (secondary N) is 1. The second-order valence-corrected chi connectivity index (χ2v) is 9.02. The van der Waals surface area contributed by atoms with Crippen LogP contribution in [-0.2, 0) is 28.9 Å². The van der Waals surface area contributed by atoms with Crippen molar-refractivity contribution in [2.24, 2.45) is 0 Å². The number of ether oxygens (including phenoxy) is 1. The molecule has 9 heteroatoms. The van der Waals surface area contributed by atoms with Gasteiger partial charge in [-0.15, -0.1) is 0 Å². The molecular weight excluding hydrogens is 412 g/mol. The number of amides is 1. The summed E-state index contributed by atoms with van der Waals surface area (Å²) in [5.74, 6) is -0.0986. The predicted molar refractivity (Wildman–Crippen MR) is 120 cm³/mol. The average molecular weight is 439 g/mol. The van der Waals surface area contributed by atoms with Crippen LogP contribution < -0.4 is 5.32 Å². The molecule has 0 atom stereocenters. The number of hydrogen-bond acceptors (Lipinski definition) is 7. The number of pyridine rings is 1. The first-order chi connectivity index (χ1) is 15.1. The molecule has 2 aliphatic rings. The van der Waals surface area contributed by atoms with E-state index in [0.717, 1.165) is 85.5 Å². The molecule has 0 bridgehead atoms. The molecule has 1 aliphatic carbocycles. The Morgan fingerprint density at radius 1 is 1.23 bits per heavy atom. The highest BCUT2D eigenvalue weighted by Gasteiger charge is 2.29. The SMILES string of the molecule is CC(=O)Nc1nc2c(s1)-c1c(c(-c3ccc(C)nc3)nn1CCN1CCOCC1)CC2. The van der Waals surface area contributed by atoms with Crippen molar-refractivity contribution in [3.05, 3.63) is 35.3 Å². The second kappa shape index (κ2) is 8.49. The molecule has 0 saturated carbocycles. The van der Waals surface area contributed by atoms with Crippen LogP contribution in [0.5, 0.6) is 0 Å². The van der Waals surface area contributed by atoms with Gasteiger partial charge in [-0.05, 0) is 31.9 Å². The Morgan fingerprint density at radius 3 is 2.81 bits per heavy atom. The number of thiazole rings is 1. The lowest BCUT2D eigenvalue weighted by atomic mass is 9.95.